The predicted molar refractivity (Wildman–Crippen MR) is 147 cm³/mol. The van der Waals surface area contributed by atoms with Gasteiger partial charge < -0.3 is 20.5 Å². The van der Waals surface area contributed by atoms with E-state index in [4.69, 9.17) is 9.84 Å². The minimum Gasteiger partial charge on any atom is -0.487 e. The van der Waals surface area contributed by atoms with Crippen LogP contribution in [0, 0.1) is 0 Å². The van der Waals surface area contributed by atoms with Gasteiger partial charge in [-0.05, 0) is 97.4 Å². The van der Waals surface area contributed by atoms with Gasteiger partial charge in [0.1, 0.15) is 12.4 Å². The molecule has 1 saturated heterocycles. The van der Waals surface area contributed by atoms with Crippen molar-refractivity contribution < 1.29 is 19.4 Å². The molecule has 1 amide bonds. The van der Waals surface area contributed by atoms with E-state index in [-0.39, 0.29) is 23.6 Å². The van der Waals surface area contributed by atoms with Gasteiger partial charge in [-0.25, -0.2) is 4.79 Å². The first-order valence-electron chi connectivity index (χ1n) is 10.8. The van der Waals surface area contributed by atoms with E-state index < -0.39 is 5.97 Å². The zero-order valence-electron chi connectivity index (χ0n) is 18.7. The largest absolute Gasteiger partial charge is 0.487 e. The smallest absolute Gasteiger partial charge is 0.335 e. The number of aromatic carboxylic acids is 1. The van der Waals surface area contributed by atoms with E-state index >= 15 is 0 Å². The Kier molecular flexibility index (Phi) is 8.20. The fraction of sp³-hybridized carbons (Fsp3) is 0.154. The van der Waals surface area contributed by atoms with Gasteiger partial charge in [-0.15, -0.1) is 0 Å². The molecule has 1 aliphatic heterocycles. The monoisotopic (exact) mass is 616 g/mol. The summed E-state index contributed by atoms with van der Waals surface area (Å²) in [7, 11) is 0. The highest BCUT2D eigenvalue weighted by molar-refractivity contribution is 9.11. The van der Waals surface area contributed by atoms with E-state index in [1.807, 2.05) is 30.3 Å². The van der Waals surface area contributed by atoms with Crippen molar-refractivity contribution in [2.75, 3.05) is 5.32 Å². The molecule has 0 spiro atoms. The Morgan fingerprint density at radius 2 is 1.71 bits per heavy atom. The summed E-state index contributed by atoms with van der Waals surface area (Å²) in [6.45, 7) is 2.39. The Bertz CT molecular complexity index is 1250. The number of carboxylic acids is 1. The molecule has 0 aliphatic carbocycles. The van der Waals surface area contributed by atoms with Gasteiger partial charge in [0.2, 0.25) is 0 Å². The number of thioether (sulfide) groups is 1. The van der Waals surface area contributed by atoms with E-state index in [9.17, 15) is 9.59 Å². The van der Waals surface area contributed by atoms with Crippen molar-refractivity contribution in [1.29, 1.82) is 0 Å². The predicted octanol–water partition coefficient (Wildman–Crippen LogP) is 6.65. The molecule has 3 N–H and O–H groups in total. The van der Waals surface area contributed by atoms with Crippen LogP contribution in [0.1, 0.15) is 34.0 Å². The maximum Gasteiger partial charge on any atom is 0.335 e. The molecular weight excluding hydrogens is 596 g/mol. The number of hydrogen-bond donors (Lipinski definition) is 3. The summed E-state index contributed by atoms with van der Waals surface area (Å²) in [5.74, 6) is -0.474. The molecule has 9 heteroatoms. The molecule has 180 valence electrons. The summed E-state index contributed by atoms with van der Waals surface area (Å²) in [4.78, 5) is 24.1. The molecular formula is C26H22Br2N2O4S. The molecule has 1 atom stereocenters. The SMILES string of the molecule is CCc1ccc(N[C@H]2NC(=O)/C(=C/c3cc(Br)c(OCc4ccc(C(=O)O)cc4)c(Br)c3)S2)cc1. The minimum absolute atomic E-state index is 0.130. The molecule has 0 bridgehead atoms. The second-order valence-corrected chi connectivity index (χ2v) is 10.6. The summed E-state index contributed by atoms with van der Waals surface area (Å²) >= 11 is 8.54. The highest BCUT2D eigenvalue weighted by atomic mass is 79.9. The number of amides is 1. The Morgan fingerprint density at radius 1 is 1.09 bits per heavy atom. The Hall–Kier alpha value is -2.75. The van der Waals surface area contributed by atoms with Gasteiger partial charge in [0.05, 0.1) is 19.4 Å². The fourth-order valence-corrected chi connectivity index (χ4v) is 5.84. The molecule has 0 saturated carbocycles. The topological polar surface area (TPSA) is 87.7 Å². The Morgan fingerprint density at radius 3 is 2.31 bits per heavy atom. The average Bonchev–Trinajstić information content (AvgIpc) is 3.17. The van der Waals surface area contributed by atoms with Gasteiger partial charge in [0, 0.05) is 5.69 Å². The third-order valence-electron chi connectivity index (χ3n) is 5.29. The van der Waals surface area contributed by atoms with Crippen molar-refractivity contribution in [3.05, 3.63) is 96.8 Å². The molecule has 1 aliphatic rings. The number of carboxylic acid groups (broad SMARTS) is 1. The van der Waals surface area contributed by atoms with Crippen LogP contribution < -0.4 is 15.4 Å². The van der Waals surface area contributed by atoms with Gasteiger partial charge >= 0.3 is 5.97 Å². The number of hydrogen-bond acceptors (Lipinski definition) is 5. The average molecular weight is 618 g/mol. The highest BCUT2D eigenvalue weighted by Gasteiger charge is 2.27. The van der Waals surface area contributed by atoms with Gasteiger partial charge in [-0.1, -0.05) is 43.0 Å². The summed E-state index contributed by atoms with van der Waals surface area (Å²) in [6, 6.07) is 18.5. The zero-order valence-corrected chi connectivity index (χ0v) is 22.7. The molecule has 0 aromatic heterocycles. The van der Waals surface area contributed by atoms with Crippen LogP contribution in [-0.4, -0.2) is 22.5 Å². The van der Waals surface area contributed by atoms with Crippen molar-refractivity contribution in [1.82, 2.24) is 5.32 Å². The second kappa shape index (κ2) is 11.3. The third kappa shape index (κ3) is 6.48. The van der Waals surface area contributed by atoms with Crippen LogP contribution in [0.25, 0.3) is 6.08 Å². The summed E-state index contributed by atoms with van der Waals surface area (Å²) < 4.78 is 7.41. The highest BCUT2D eigenvalue weighted by Crippen LogP contribution is 2.37. The lowest BCUT2D eigenvalue weighted by Crippen LogP contribution is -2.30. The summed E-state index contributed by atoms with van der Waals surface area (Å²) in [5, 5.41) is 15.3. The number of nitrogens with one attached hydrogen (secondary N) is 2. The molecule has 0 unspecified atom stereocenters. The molecule has 0 radical (unpaired) electrons. The number of halogens is 2. The first-order chi connectivity index (χ1) is 16.8. The quantitative estimate of drug-likeness (QED) is 0.245. The molecule has 3 aromatic rings. The Labute approximate surface area is 224 Å². The van der Waals surface area contributed by atoms with Crippen LogP contribution in [0.2, 0.25) is 0 Å². The summed E-state index contributed by atoms with van der Waals surface area (Å²) in [5.41, 5.74) is 3.89. The normalized spacial score (nSPS) is 16.3. The molecule has 35 heavy (non-hydrogen) atoms. The van der Waals surface area contributed by atoms with Crippen LogP contribution in [0.3, 0.4) is 0 Å². The molecule has 4 rings (SSSR count). The molecule has 1 fully saturated rings. The van der Waals surface area contributed by atoms with Crippen LogP contribution in [-0.2, 0) is 17.8 Å². The first-order valence-corrected chi connectivity index (χ1v) is 13.3. The number of benzene rings is 3. The van der Waals surface area contributed by atoms with Crippen LogP contribution in [0.5, 0.6) is 5.75 Å². The van der Waals surface area contributed by atoms with Gasteiger partial charge in [0.15, 0.2) is 5.50 Å². The zero-order chi connectivity index (χ0) is 24.9. The van der Waals surface area contributed by atoms with Crippen molar-refractivity contribution in [3.8, 4) is 5.75 Å². The molecule has 6 nitrogen and oxygen atoms in total. The lowest BCUT2D eigenvalue weighted by Gasteiger charge is -2.13. The fourth-order valence-electron chi connectivity index (χ4n) is 3.40. The third-order valence-corrected chi connectivity index (χ3v) is 7.50. The Balaban J connectivity index is 1.42. The number of anilines is 1. The van der Waals surface area contributed by atoms with E-state index in [0.717, 1.165) is 32.2 Å². The van der Waals surface area contributed by atoms with Crippen LogP contribution >= 0.6 is 43.6 Å². The number of carbonyl (C=O) groups excluding carboxylic acids is 1. The van der Waals surface area contributed by atoms with Crippen LogP contribution in [0.15, 0.2) is 74.5 Å². The van der Waals surface area contributed by atoms with Gasteiger partial charge in [0.25, 0.3) is 5.91 Å². The van der Waals surface area contributed by atoms with Crippen LogP contribution in [0.4, 0.5) is 5.69 Å². The van der Waals surface area contributed by atoms with E-state index in [0.29, 0.717) is 10.7 Å². The number of carbonyl (C=O) groups is 2. The number of aryl methyl sites for hydroxylation is 1. The maximum atomic E-state index is 12.5. The minimum atomic E-state index is -0.963. The second-order valence-electron chi connectivity index (χ2n) is 7.78. The van der Waals surface area contributed by atoms with Crippen molar-refractivity contribution >= 4 is 67.3 Å². The standard InChI is InChI=1S/C26H22Br2N2O4S/c1-2-15-5-9-19(10-6-15)29-26-30-24(31)22(35-26)13-17-11-20(27)23(21(28)12-17)34-14-16-3-7-18(8-4-16)25(32)33/h3-13,26,29H,2,14H2,1H3,(H,30,31)(H,32,33)/b22-13-/t26-/m0/s1. The summed E-state index contributed by atoms with van der Waals surface area (Å²) in [6.07, 6.45) is 2.82. The van der Waals surface area contributed by atoms with Crippen molar-refractivity contribution in [2.45, 2.75) is 25.4 Å². The molecule has 3 aromatic carbocycles. The van der Waals surface area contributed by atoms with E-state index in [2.05, 4.69) is 61.5 Å². The molecule has 1 heterocycles. The van der Waals surface area contributed by atoms with E-state index in [1.54, 1.807) is 24.3 Å². The lowest BCUT2D eigenvalue weighted by molar-refractivity contribution is -0.116. The number of rotatable bonds is 8. The first kappa shape index (κ1) is 25.3. The number of ether oxygens (including phenoxy) is 1. The van der Waals surface area contributed by atoms with E-state index in [1.165, 1.54) is 17.3 Å². The maximum absolute atomic E-state index is 12.5. The van der Waals surface area contributed by atoms with Gasteiger partial charge in [-0.2, -0.15) is 0 Å². The lowest BCUT2D eigenvalue weighted by atomic mass is 10.1. The van der Waals surface area contributed by atoms with Gasteiger partial charge in [-0.3, -0.25) is 4.79 Å². The van der Waals surface area contributed by atoms with Crippen molar-refractivity contribution in [2.24, 2.45) is 0 Å². The van der Waals surface area contributed by atoms with Crippen molar-refractivity contribution in [3.63, 3.8) is 0 Å².